The van der Waals surface area contributed by atoms with E-state index in [0.717, 1.165) is 6.54 Å². The predicted molar refractivity (Wildman–Crippen MR) is 54.6 cm³/mol. The highest BCUT2D eigenvalue weighted by atomic mass is 32.2. The van der Waals surface area contributed by atoms with Crippen LogP contribution >= 0.6 is 11.8 Å². The zero-order chi connectivity index (χ0) is 8.81. The van der Waals surface area contributed by atoms with Gasteiger partial charge in [-0.2, -0.15) is 16.9 Å². The van der Waals surface area contributed by atoms with Gasteiger partial charge >= 0.3 is 0 Å². The van der Waals surface area contributed by atoms with Gasteiger partial charge in [-0.1, -0.05) is 6.92 Å². The Labute approximate surface area is 78.4 Å². The number of aryl methyl sites for hydroxylation is 2. The average Bonchev–Trinajstić information content (AvgIpc) is 2.46. The molecule has 0 atom stereocenters. The Morgan fingerprint density at radius 1 is 1.58 bits per heavy atom. The summed E-state index contributed by atoms with van der Waals surface area (Å²) >= 11 is 1.99. The number of hydrogen-bond acceptors (Lipinski definition) is 2. The van der Waals surface area contributed by atoms with E-state index >= 15 is 0 Å². The third-order valence-corrected chi connectivity index (χ3v) is 2.78. The van der Waals surface area contributed by atoms with Crippen LogP contribution in [0.5, 0.6) is 0 Å². The number of nitrogens with zero attached hydrogens (tertiary/aromatic N) is 2. The molecule has 0 spiro atoms. The first-order chi connectivity index (χ1) is 5.84. The van der Waals surface area contributed by atoms with Crippen molar-refractivity contribution < 1.29 is 0 Å². The molecule has 2 nitrogen and oxygen atoms in total. The van der Waals surface area contributed by atoms with Crippen molar-refractivity contribution in [2.45, 2.75) is 26.8 Å². The molecular formula is C9H16N2S. The fourth-order valence-corrected chi connectivity index (χ4v) is 1.72. The lowest BCUT2D eigenvalue weighted by atomic mass is 10.4. The van der Waals surface area contributed by atoms with Crippen LogP contribution < -0.4 is 0 Å². The number of hydrogen-bond donors (Lipinski definition) is 0. The van der Waals surface area contributed by atoms with E-state index in [1.165, 1.54) is 23.6 Å². The molecule has 1 heterocycles. The van der Waals surface area contributed by atoms with Gasteiger partial charge in [0.2, 0.25) is 0 Å². The van der Waals surface area contributed by atoms with E-state index in [-0.39, 0.29) is 0 Å². The topological polar surface area (TPSA) is 17.8 Å². The van der Waals surface area contributed by atoms with Gasteiger partial charge in [-0.25, -0.2) is 0 Å². The molecule has 0 radical (unpaired) electrons. The summed E-state index contributed by atoms with van der Waals surface area (Å²) in [7, 11) is 0. The Kier molecular flexibility index (Phi) is 4.22. The molecule has 0 aliphatic carbocycles. The Morgan fingerprint density at radius 3 is 3.00 bits per heavy atom. The van der Waals surface area contributed by atoms with Crippen molar-refractivity contribution in [3.8, 4) is 0 Å². The zero-order valence-corrected chi connectivity index (χ0v) is 8.60. The molecule has 0 fully saturated rings. The van der Waals surface area contributed by atoms with Crippen LogP contribution in [-0.4, -0.2) is 21.3 Å². The van der Waals surface area contributed by atoms with Crippen LogP contribution in [0, 0.1) is 6.92 Å². The van der Waals surface area contributed by atoms with Crippen molar-refractivity contribution in [1.29, 1.82) is 0 Å². The zero-order valence-electron chi connectivity index (χ0n) is 7.79. The monoisotopic (exact) mass is 184 g/mol. The number of rotatable bonds is 5. The highest BCUT2D eigenvalue weighted by Crippen LogP contribution is 2.03. The summed E-state index contributed by atoms with van der Waals surface area (Å²) in [6, 6.07) is 2.05. The van der Waals surface area contributed by atoms with Gasteiger partial charge in [-0.15, -0.1) is 0 Å². The van der Waals surface area contributed by atoms with Crippen LogP contribution in [0.3, 0.4) is 0 Å². The van der Waals surface area contributed by atoms with Crippen molar-refractivity contribution in [1.82, 2.24) is 9.78 Å². The van der Waals surface area contributed by atoms with E-state index in [4.69, 9.17) is 0 Å². The minimum absolute atomic E-state index is 1.06. The van der Waals surface area contributed by atoms with Crippen LogP contribution in [0.1, 0.15) is 19.0 Å². The predicted octanol–water partition coefficient (Wildman–Crippen LogP) is 2.33. The molecule has 3 heteroatoms. The van der Waals surface area contributed by atoms with Gasteiger partial charge in [0.15, 0.2) is 0 Å². The third kappa shape index (κ3) is 2.89. The number of aromatic nitrogens is 2. The molecule has 1 rings (SSSR count). The molecule has 0 amide bonds. The third-order valence-electron chi connectivity index (χ3n) is 1.79. The molecule has 12 heavy (non-hydrogen) atoms. The van der Waals surface area contributed by atoms with Gasteiger partial charge in [-0.05, 0) is 30.9 Å². The van der Waals surface area contributed by atoms with Crippen molar-refractivity contribution in [3.63, 3.8) is 0 Å². The van der Waals surface area contributed by atoms with E-state index < -0.39 is 0 Å². The summed E-state index contributed by atoms with van der Waals surface area (Å²) in [4.78, 5) is 0. The Hall–Kier alpha value is -0.440. The molecule has 0 aliphatic rings. The van der Waals surface area contributed by atoms with Gasteiger partial charge in [0.05, 0.1) is 0 Å². The van der Waals surface area contributed by atoms with Crippen LogP contribution in [0.15, 0.2) is 12.3 Å². The fourth-order valence-electron chi connectivity index (χ4n) is 1.09. The molecule has 0 saturated heterocycles. The maximum atomic E-state index is 4.22. The first kappa shape index (κ1) is 9.65. The van der Waals surface area contributed by atoms with Crippen LogP contribution in [0.25, 0.3) is 0 Å². The fraction of sp³-hybridized carbons (Fsp3) is 0.667. The lowest BCUT2D eigenvalue weighted by Gasteiger charge is -2.02. The summed E-state index contributed by atoms with van der Waals surface area (Å²) < 4.78 is 2.07. The minimum atomic E-state index is 1.06. The van der Waals surface area contributed by atoms with Crippen molar-refractivity contribution in [2.24, 2.45) is 0 Å². The maximum Gasteiger partial charge on any atom is 0.0492 e. The van der Waals surface area contributed by atoms with Crippen LogP contribution in [0.4, 0.5) is 0 Å². The van der Waals surface area contributed by atoms with Crippen molar-refractivity contribution in [2.75, 3.05) is 11.5 Å². The summed E-state index contributed by atoms with van der Waals surface area (Å²) in [6.07, 6.45) is 3.09. The van der Waals surface area contributed by atoms with Crippen LogP contribution in [-0.2, 0) is 6.54 Å². The van der Waals surface area contributed by atoms with Crippen molar-refractivity contribution >= 4 is 11.8 Å². The Balaban J connectivity index is 2.20. The summed E-state index contributed by atoms with van der Waals surface area (Å²) in [5, 5.41) is 4.22. The van der Waals surface area contributed by atoms with Gasteiger partial charge in [-0.3, -0.25) is 4.68 Å². The first-order valence-corrected chi connectivity index (χ1v) is 5.56. The second-order valence-electron chi connectivity index (χ2n) is 2.75. The highest BCUT2D eigenvalue weighted by Gasteiger charge is 1.95. The van der Waals surface area contributed by atoms with Gasteiger partial charge in [0.1, 0.15) is 0 Å². The summed E-state index contributed by atoms with van der Waals surface area (Å²) in [5.41, 5.74) is 1.26. The van der Waals surface area contributed by atoms with Gasteiger partial charge in [0, 0.05) is 18.4 Å². The molecule has 0 N–H and O–H groups in total. The van der Waals surface area contributed by atoms with E-state index in [2.05, 4.69) is 23.6 Å². The van der Waals surface area contributed by atoms with Gasteiger partial charge in [0.25, 0.3) is 0 Å². The second-order valence-corrected chi connectivity index (χ2v) is 4.14. The highest BCUT2D eigenvalue weighted by molar-refractivity contribution is 7.99. The Bertz CT molecular complexity index is 220. The van der Waals surface area contributed by atoms with E-state index in [1.54, 1.807) is 0 Å². The quantitative estimate of drug-likeness (QED) is 0.654. The van der Waals surface area contributed by atoms with E-state index in [1.807, 2.05) is 24.0 Å². The second kappa shape index (κ2) is 5.25. The SMILES string of the molecule is CCSCCCn1nccc1C. The van der Waals surface area contributed by atoms with E-state index in [0.29, 0.717) is 0 Å². The molecule has 0 saturated carbocycles. The van der Waals surface area contributed by atoms with Crippen molar-refractivity contribution in [3.05, 3.63) is 18.0 Å². The first-order valence-electron chi connectivity index (χ1n) is 4.40. The van der Waals surface area contributed by atoms with Gasteiger partial charge < -0.3 is 0 Å². The number of thioether (sulfide) groups is 1. The van der Waals surface area contributed by atoms with Crippen LogP contribution in [0.2, 0.25) is 0 Å². The minimum Gasteiger partial charge on any atom is -0.270 e. The maximum absolute atomic E-state index is 4.22. The molecule has 68 valence electrons. The average molecular weight is 184 g/mol. The smallest absolute Gasteiger partial charge is 0.0492 e. The largest absolute Gasteiger partial charge is 0.270 e. The molecule has 1 aromatic rings. The molecule has 0 bridgehead atoms. The molecule has 1 aromatic heterocycles. The Morgan fingerprint density at radius 2 is 2.42 bits per heavy atom. The lowest BCUT2D eigenvalue weighted by Crippen LogP contribution is -2.02. The molecule has 0 aromatic carbocycles. The molecule has 0 aliphatic heterocycles. The normalized spacial score (nSPS) is 10.5. The van der Waals surface area contributed by atoms with E-state index in [9.17, 15) is 0 Å². The summed E-state index contributed by atoms with van der Waals surface area (Å²) in [6.45, 7) is 5.36. The summed E-state index contributed by atoms with van der Waals surface area (Å²) in [5.74, 6) is 2.47. The lowest BCUT2D eigenvalue weighted by molar-refractivity contribution is 0.590. The molecular weight excluding hydrogens is 168 g/mol. The molecule has 0 unspecified atom stereocenters. The standard InChI is InChI=1S/C9H16N2S/c1-3-12-8-4-7-11-9(2)5-6-10-11/h5-6H,3-4,7-8H2,1-2H3.